The predicted molar refractivity (Wildman–Crippen MR) is 86.4 cm³/mol. The van der Waals surface area contributed by atoms with E-state index in [2.05, 4.69) is 16.4 Å². The average Bonchev–Trinajstić information content (AvgIpc) is 2.87. The van der Waals surface area contributed by atoms with Gasteiger partial charge in [-0.25, -0.2) is 0 Å². The molecule has 0 saturated carbocycles. The molecule has 5 N–H and O–H groups in total. The lowest BCUT2D eigenvalue weighted by Crippen LogP contribution is -2.65. The van der Waals surface area contributed by atoms with Crippen molar-refractivity contribution in [2.24, 2.45) is 0 Å². The summed E-state index contributed by atoms with van der Waals surface area (Å²) in [5, 5.41) is 26.9. The Morgan fingerprint density at radius 3 is 2.32 bits per heavy atom. The Bertz CT molecular complexity index is 667. The molecule has 0 bridgehead atoms. The third-order valence-electron chi connectivity index (χ3n) is 4.07. The van der Waals surface area contributed by atoms with Gasteiger partial charge in [0.2, 0.25) is 0 Å². The van der Waals surface area contributed by atoms with E-state index in [4.69, 9.17) is 0 Å². The summed E-state index contributed by atoms with van der Waals surface area (Å²) in [5.74, 6) is -3.42. The number of benzene rings is 1. The van der Waals surface area contributed by atoms with E-state index in [1.165, 1.54) is 0 Å². The second kappa shape index (κ2) is 7.42. The second-order valence-corrected chi connectivity index (χ2v) is 8.12. The summed E-state index contributed by atoms with van der Waals surface area (Å²) in [6.07, 6.45) is 0. The first kappa shape index (κ1) is 19.2. The minimum Gasteiger partial charge on any atom is -0.548 e. The van der Waals surface area contributed by atoms with E-state index in [1.807, 2.05) is 0 Å². The Morgan fingerprint density at radius 1 is 1.24 bits per heavy atom. The lowest BCUT2D eigenvalue weighted by atomic mass is 10.0. The van der Waals surface area contributed by atoms with Gasteiger partial charge in [-0.05, 0) is 13.8 Å². The Kier molecular flexibility index (Phi) is 5.71. The van der Waals surface area contributed by atoms with Gasteiger partial charge < -0.3 is 30.9 Å². The van der Waals surface area contributed by atoms with Crippen LogP contribution in [-0.2, 0) is 14.4 Å². The summed E-state index contributed by atoms with van der Waals surface area (Å²) in [6.45, 7) is 3.32. The molecule has 1 aliphatic heterocycles. The molecule has 136 valence electrons. The highest BCUT2D eigenvalue weighted by molar-refractivity contribution is 8.01. The quantitative estimate of drug-likeness (QED) is 0.479. The summed E-state index contributed by atoms with van der Waals surface area (Å²) in [6, 6.07) is 5.45. The zero-order valence-corrected chi connectivity index (χ0v) is 14.7. The van der Waals surface area contributed by atoms with E-state index < -0.39 is 46.1 Å². The lowest BCUT2D eigenvalue weighted by molar-refractivity contribution is -0.410. The van der Waals surface area contributed by atoms with Crippen molar-refractivity contribution in [3.05, 3.63) is 35.9 Å². The molecule has 1 amide bonds. The SMILES string of the molecule is CC1(C)SC([C@@H](NC(=O)[C@H]([NH3+])c2ccccc2)C(=O)[O-])N[C@H]1C(=O)[O-]. The van der Waals surface area contributed by atoms with Crippen LogP contribution in [0.25, 0.3) is 0 Å². The van der Waals surface area contributed by atoms with Crippen LogP contribution in [0.2, 0.25) is 0 Å². The lowest BCUT2D eigenvalue weighted by Gasteiger charge is -2.26. The van der Waals surface area contributed by atoms with E-state index >= 15 is 0 Å². The van der Waals surface area contributed by atoms with Gasteiger partial charge in [-0.3, -0.25) is 10.1 Å². The number of aliphatic carboxylic acids is 2. The van der Waals surface area contributed by atoms with Gasteiger partial charge in [0.1, 0.15) is 0 Å². The van der Waals surface area contributed by atoms with E-state index in [0.717, 1.165) is 11.8 Å². The van der Waals surface area contributed by atoms with Crippen molar-refractivity contribution in [1.82, 2.24) is 10.6 Å². The Labute approximate surface area is 149 Å². The molecular formula is C16H20N3O5S-. The second-order valence-electron chi connectivity index (χ2n) is 6.33. The molecule has 0 aliphatic carbocycles. The van der Waals surface area contributed by atoms with Crippen molar-refractivity contribution in [2.45, 2.75) is 42.1 Å². The van der Waals surface area contributed by atoms with E-state index in [-0.39, 0.29) is 0 Å². The van der Waals surface area contributed by atoms with Crippen LogP contribution >= 0.6 is 11.8 Å². The Balaban J connectivity index is 2.13. The van der Waals surface area contributed by atoms with Crippen LogP contribution in [-0.4, -0.2) is 40.1 Å². The number of carbonyl (C=O) groups excluding carboxylic acids is 3. The van der Waals surface area contributed by atoms with Gasteiger partial charge in [0.15, 0.2) is 6.04 Å². The van der Waals surface area contributed by atoms with Gasteiger partial charge >= 0.3 is 0 Å². The molecule has 4 atom stereocenters. The first-order valence-electron chi connectivity index (χ1n) is 7.67. The van der Waals surface area contributed by atoms with Gasteiger partial charge in [0.05, 0.1) is 29.4 Å². The summed E-state index contributed by atoms with van der Waals surface area (Å²) in [5.41, 5.74) is 4.40. The van der Waals surface area contributed by atoms with Crippen molar-refractivity contribution >= 4 is 29.6 Å². The number of carbonyl (C=O) groups is 3. The first-order chi connectivity index (χ1) is 11.6. The number of hydrogen-bond donors (Lipinski definition) is 3. The van der Waals surface area contributed by atoms with Crippen molar-refractivity contribution in [1.29, 1.82) is 0 Å². The van der Waals surface area contributed by atoms with Crippen LogP contribution in [0.5, 0.6) is 0 Å². The van der Waals surface area contributed by atoms with Crippen molar-refractivity contribution < 1.29 is 30.3 Å². The average molecular weight is 366 g/mol. The molecule has 1 aromatic carbocycles. The van der Waals surface area contributed by atoms with Crippen LogP contribution in [0, 0.1) is 0 Å². The number of carboxylic acids is 2. The summed E-state index contributed by atoms with van der Waals surface area (Å²) in [4.78, 5) is 35.1. The predicted octanol–water partition coefficient (Wildman–Crippen LogP) is -3.24. The highest BCUT2D eigenvalue weighted by Gasteiger charge is 2.45. The standard InChI is InChI=1S/C16H21N3O5S/c1-16(2)11(15(23)24)19-13(25-16)10(14(21)22)18-12(20)9(17)8-6-4-3-5-7-8/h3-7,9-11,13,19H,17H2,1-2H3,(H,18,20)(H,21,22)(H,23,24)/p-1/t9-,10-,11+,13?/m1/s1. The minimum absolute atomic E-state index is 0.586. The monoisotopic (exact) mass is 366 g/mol. The van der Waals surface area contributed by atoms with Gasteiger partial charge in [0, 0.05) is 10.3 Å². The molecule has 2 rings (SSSR count). The molecular weight excluding hydrogens is 346 g/mol. The molecule has 9 heteroatoms. The molecule has 0 spiro atoms. The Hall–Kier alpha value is -2.10. The first-order valence-corrected chi connectivity index (χ1v) is 8.55. The number of carboxylic acid groups (broad SMARTS) is 2. The summed E-state index contributed by atoms with van der Waals surface area (Å²) < 4.78 is -0.800. The van der Waals surface area contributed by atoms with Crippen LogP contribution in [0.15, 0.2) is 30.3 Å². The van der Waals surface area contributed by atoms with E-state index in [1.54, 1.807) is 44.2 Å². The van der Waals surface area contributed by atoms with Crippen molar-refractivity contribution in [3.63, 3.8) is 0 Å². The minimum atomic E-state index is -1.51. The topological polar surface area (TPSA) is 149 Å². The molecule has 1 fully saturated rings. The molecule has 0 radical (unpaired) electrons. The zero-order chi connectivity index (χ0) is 18.8. The molecule has 1 heterocycles. The number of nitrogens with one attached hydrogen (secondary N) is 2. The number of hydrogen-bond acceptors (Lipinski definition) is 7. The van der Waals surface area contributed by atoms with Crippen LogP contribution in [0.4, 0.5) is 0 Å². The maximum Gasteiger partial charge on any atom is 0.283 e. The fourth-order valence-corrected chi connectivity index (χ4v) is 4.13. The Morgan fingerprint density at radius 2 is 1.84 bits per heavy atom. The normalized spacial score (nSPS) is 24.3. The molecule has 1 saturated heterocycles. The summed E-state index contributed by atoms with van der Waals surface area (Å²) >= 11 is 1.10. The van der Waals surface area contributed by atoms with Crippen molar-refractivity contribution in [3.8, 4) is 0 Å². The number of thioether (sulfide) groups is 1. The maximum absolute atomic E-state index is 12.4. The highest BCUT2D eigenvalue weighted by atomic mass is 32.2. The number of quaternary nitrogens is 1. The smallest absolute Gasteiger partial charge is 0.283 e. The third-order valence-corrected chi connectivity index (χ3v) is 5.57. The van der Waals surface area contributed by atoms with Gasteiger partial charge in [0.25, 0.3) is 5.91 Å². The van der Waals surface area contributed by atoms with E-state index in [0.29, 0.717) is 5.56 Å². The molecule has 1 unspecified atom stereocenters. The highest BCUT2D eigenvalue weighted by Crippen LogP contribution is 2.38. The van der Waals surface area contributed by atoms with E-state index in [9.17, 15) is 24.6 Å². The third kappa shape index (κ3) is 4.30. The zero-order valence-electron chi connectivity index (χ0n) is 13.9. The number of rotatable bonds is 6. The molecule has 0 aromatic heterocycles. The fraction of sp³-hybridized carbons (Fsp3) is 0.438. The molecule has 1 aliphatic rings. The maximum atomic E-state index is 12.4. The fourth-order valence-electron chi connectivity index (χ4n) is 2.66. The van der Waals surface area contributed by atoms with Gasteiger partial charge in [-0.15, -0.1) is 11.8 Å². The van der Waals surface area contributed by atoms with Gasteiger partial charge in [-0.1, -0.05) is 30.3 Å². The molecule has 1 aromatic rings. The number of amides is 1. The summed E-state index contributed by atoms with van der Waals surface area (Å²) in [7, 11) is 0. The van der Waals surface area contributed by atoms with Gasteiger partial charge in [-0.2, -0.15) is 0 Å². The molecule has 25 heavy (non-hydrogen) atoms. The van der Waals surface area contributed by atoms with Crippen LogP contribution in [0.3, 0.4) is 0 Å². The molecule has 8 nitrogen and oxygen atoms in total. The van der Waals surface area contributed by atoms with Crippen LogP contribution < -0.4 is 26.6 Å². The largest absolute Gasteiger partial charge is 0.548 e. The van der Waals surface area contributed by atoms with Crippen LogP contribution in [0.1, 0.15) is 25.5 Å². The van der Waals surface area contributed by atoms with Crippen molar-refractivity contribution in [2.75, 3.05) is 0 Å².